The van der Waals surface area contributed by atoms with E-state index in [1.54, 1.807) is 7.11 Å². The second kappa shape index (κ2) is 5.60. The molecule has 1 aromatic carbocycles. The Morgan fingerprint density at radius 1 is 1.28 bits per heavy atom. The first-order valence-corrected chi connectivity index (χ1v) is 5.86. The topological polar surface area (TPSA) is 61.0 Å². The van der Waals surface area contributed by atoms with Crippen LogP contribution in [0.5, 0.6) is 5.88 Å². The Bertz CT molecular complexity index is 528. The molecule has 0 radical (unpaired) electrons. The van der Waals surface area contributed by atoms with Crippen molar-refractivity contribution in [3.05, 3.63) is 53.5 Å². The molecule has 0 aliphatic rings. The van der Waals surface area contributed by atoms with E-state index >= 15 is 0 Å². The fraction of sp³-hybridized carbons (Fsp3) is 0.286. The Labute approximate surface area is 107 Å². The molecule has 1 unspecified atom stereocenters. The highest BCUT2D eigenvalue weighted by Gasteiger charge is 2.09. The third-order valence-electron chi connectivity index (χ3n) is 2.81. The van der Waals surface area contributed by atoms with Crippen LogP contribution in [0.3, 0.4) is 0 Å². The molecular formula is C14H17N3O. The van der Waals surface area contributed by atoms with Gasteiger partial charge >= 0.3 is 0 Å². The zero-order valence-electron chi connectivity index (χ0n) is 10.6. The van der Waals surface area contributed by atoms with Gasteiger partial charge in [-0.2, -0.15) is 0 Å². The van der Waals surface area contributed by atoms with E-state index in [0.29, 0.717) is 12.3 Å². The number of benzene rings is 1. The van der Waals surface area contributed by atoms with E-state index in [2.05, 4.69) is 29.0 Å². The predicted octanol–water partition coefficient (Wildman–Crippen LogP) is 2.04. The first-order valence-electron chi connectivity index (χ1n) is 5.86. The molecular weight excluding hydrogens is 226 g/mol. The summed E-state index contributed by atoms with van der Waals surface area (Å²) in [6.07, 6.45) is 2.17. The van der Waals surface area contributed by atoms with Crippen LogP contribution in [0.15, 0.2) is 36.7 Å². The third-order valence-corrected chi connectivity index (χ3v) is 2.81. The van der Waals surface area contributed by atoms with Gasteiger partial charge in [-0.25, -0.2) is 9.97 Å². The van der Waals surface area contributed by atoms with Crippen molar-refractivity contribution in [2.45, 2.75) is 19.4 Å². The number of aromatic nitrogens is 2. The molecule has 2 N–H and O–H groups in total. The standard InChI is InChI=1S/C14H17N3O/c1-10-4-3-5-11(6-10)13(15)7-12-8-14(18-2)17-9-16-12/h3-6,8-9,13H,7,15H2,1-2H3. The van der Waals surface area contributed by atoms with E-state index in [0.717, 1.165) is 11.3 Å². The van der Waals surface area contributed by atoms with Gasteiger partial charge in [0.05, 0.1) is 7.11 Å². The maximum atomic E-state index is 6.19. The van der Waals surface area contributed by atoms with E-state index in [4.69, 9.17) is 10.5 Å². The van der Waals surface area contributed by atoms with Crippen LogP contribution in [-0.4, -0.2) is 17.1 Å². The molecule has 0 saturated carbocycles. The van der Waals surface area contributed by atoms with Crippen molar-refractivity contribution >= 4 is 0 Å². The number of rotatable bonds is 4. The quantitative estimate of drug-likeness (QED) is 0.892. The number of nitrogens with two attached hydrogens (primary N) is 1. The van der Waals surface area contributed by atoms with Crippen LogP contribution in [-0.2, 0) is 6.42 Å². The van der Waals surface area contributed by atoms with Gasteiger partial charge in [-0.3, -0.25) is 0 Å². The summed E-state index contributed by atoms with van der Waals surface area (Å²) < 4.78 is 5.07. The van der Waals surface area contributed by atoms with Gasteiger partial charge in [-0.05, 0) is 12.5 Å². The first-order chi connectivity index (χ1) is 8.69. The van der Waals surface area contributed by atoms with Gasteiger partial charge in [0.1, 0.15) is 6.33 Å². The van der Waals surface area contributed by atoms with Crippen molar-refractivity contribution in [1.82, 2.24) is 9.97 Å². The zero-order valence-corrected chi connectivity index (χ0v) is 10.6. The molecule has 0 bridgehead atoms. The molecule has 1 atom stereocenters. The van der Waals surface area contributed by atoms with Gasteiger partial charge in [-0.15, -0.1) is 0 Å². The van der Waals surface area contributed by atoms with Crippen LogP contribution < -0.4 is 10.5 Å². The summed E-state index contributed by atoms with van der Waals surface area (Å²) in [7, 11) is 1.59. The van der Waals surface area contributed by atoms with Crippen LogP contribution in [0.2, 0.25) is 0 Å². The SMILES string of the molecule is COc1cc(CC(N)c2cccc(C)c2)ncn1. The van der Waals surface area contributed by atoms with Crippen molar-refractivity contribution in [3.8, 4) is 5.88 Å². The fourth-order valence-corrected chi connectivity index (χ4v) is 1.84. The molecule has 0 saturated heterocycles. The molecule has 0 fully saturated rings. The number of hydrogen-bond donors (Lipinski definition) is 1. The third kappa shape index (κ3) is 3.05. The minimum absolute atomic E-state index is 0.0653. The normalized spacial score (nSPS) is 12.2. The van der Waals surface area contributed by atoms with Crippen LogP contribution in [0.25, 0.3) is 0 Å². The lowest BCUT2D eigenvalue weighted by Crippen LogP contribution is -2.14. The molecule has 0 spiro atoms. The molecule has 0 aliphatic carbocycles. The first kappa shape index (κ1) is 12.5. The number of aryl methyl sites for hydroxylation is 1. The Hall–Kier alpha value is -1.94. The van der Waals surface area contributed by atoms with E-state index in [1.165, 1.54) is 11.9 Å². The summed E-state index contributed by atoms with van der Waals surface area (Å²) in [6, 6.07) is 9.97. The lowest BCUT2D eigenvalue weighted by atomic mass is 10.0. The fourth-order valence-electron chi connectivity index (χ4n) is 1.84. The van der Waals surface area contributed by atoms with Gasteiger partial charge in [0, 0.05) is 24.2 Å². The molecule has 1 aromatic heterocycles. The number of methoxy groups -OCH3 is 1. The Morgan fingerprint density at radius 2 is 2.11 bits per heavy atom. The van der Waals surface area contributed by atoms with Gasteiger partial charge in [0.25, 0.3) is 0 Å². The predicted molar refractivity (Wildman–Crippen MR) is 70.4 cm³/mol. The minimum atomic E-state index is -0.0653. The van der Waals surface area contributed by atoms with E-state index < -0.39 is 0 Å². The molecule has 1 heterocycles. The van der Waals surface area contributed by atoms with Crippen molar-refractivity contribution in [2.24, 2.45) is 5.73 Å². The second-order valence-electron chi connectivity index (χ2n) is 4.28. The average molecular weight is 243 g/mol. The molecule has 0 aliphatic heterocycles. The van der Waals surface area contributed by atoms with Crippen LogP contribution in [0.1, 0.15) is 22.9 Å². The monoisotopic (exact) mass is 243 g/mol. The van der Waals surface area contributed by atoms with Crippen molar-refractivity contribution in [2.75, 3.05) is 7.11 Å². The molecule has 4 heteroatoms. The maximum absolute atomic E-state index is 6.19. The summed E-state index contributed by atoms with van der Waals surface area (Å²) >= 11 is 0. The van der Waals surface area contributed by atoms with Crippen molar-refractivity contribution in [3.63, 3.8) is 0 Å². The molecule has 4 nitrogen and oxygen atoms in total. The van der Waals surface area contributed by atoms with Crippen molar-refractivity contribution in [1.29, 1.82) is 0 Å². The van der Waals surface area contributed by atoms with Gasteiger partial charge in [0.2, 0.25) is 5.88 Å². The van der Waals surface area contributed by atoms with E-state index in [-0.39, 0.29) is 6.04 Å². The van der Waals surface area contributed by atoms with Crippen LogP contribution in [0.4, 0.5) is 0 Å². The smallest absolute Gasteiger partial charge is 0.216 e. The summed E-state index contributed by atoms with van der Waals surface area (Å²) in [5.74, 6) is 0.566. The number of ether oxygens (including phenoxy) is 1. The largest absolute Gasteiger partial charge is 0.481 e. The number of hydrogen-bond acceptors (Lipinski definition) is 4. The van der Waals surface area contributed by atoms with Crippen molar-refractivity contribution < 1.29 is 4.74 Å². The lowest BCUT2D eigenvalue weighted by molar-refractivity contribution is 0.395. The lowest BCUT2D eigenvalue weighted by Gasteiger charge is -2.12. The molecule has 0 amide bonds. The van der Waals surface area contributed by atoms with Gasteiger partial charge in [0.15, 0.2) is 0 Å². The summed E-state index contributed by atoms with van der Waals surface area (Å²) in [5.41, 5.74) is 9.40. The molecule has 94 valence electrons. The van der Waals surface area contributed by atoms with Gasteiger partial charge < -0.3 is 10.5 Å². The Kier molecular flexibility index (Phi) is 3.89. The summed E-state index contributed by atoms with van der Waals surface area (Å²) in [4.78, 5) is 8.18. The highest BCUT2D eigenvalue weighted by Crippen LogP contribution is 2.17. The summed E-state index contributed by atoms with van der Waals surface area (Å²) in [6.45, 7) is 2.06. The second-order valence-corrected chi connectivity index (χ2v) is 4.28. The zero-order chi connectivity index (χ0) is 13.0. The van der Waals surface area contributed by atoms with Crippen LogP contribution >= 0.6 is 0 Å². The molecule has 18 heavy (non-hydrogen) atoms. The highest BCUT2D eigenvalue weighted by atomic mass is 16.5. The Morgan fingerprint density at radius 3 is 2.83 bits per heavy atom. The average Bonchev–Trinajstić information content (AvgIpc) is 2.39. The molecule has 2 aromatic rings. The van der Waals surface area contributed by atoms with Gasteiger partial charge in [-0.1, -0.05) is 29.8 Å². The molecule has 2 rings (SSSR count). The van der Waals surface area contributed by atoms with E-state index in [1.807, 2.05) is 18.2 Å². The maximum Gasteiger partial charge on any atom is 0.216 e. The number of nitrogens with zero attached hydrogens (tertiary/aromatic N) is 2. The van der Waals surface area contributed by atoms with Crippen LogP contribution in [0, 0.1) is 6.92 Å². The Balaban J connectivity index is 2.13. The summed E-state index contributed by atoms with van der Waals surface area (Å²) in [5, 5.41) is 0. The minimum Gasteiger partial charge on any atom is -0.481 e. The van der Waals surface area contributed by atoms with E-state index in [9.17, 15) is 0 Å². The highest BCUT2D eigenvalue weighted by molar-refractivity contribution is 5.26.